The van der Waals surface area contributed by atoms with Gasteiger partial charge in [-0.05, 0) is 31.2 Å². The number of fused-ring (bicyclic) bond motifs is 1. The number of aliphatic hydroxyl groups excluding tert-OH is 1. The smallest absolute Gasteiger partial charge is 0.227 e. The first-order chi connectivity index (χ1) is 16.5. The Balaban J connectivity index is 1.31. The van der Waals surface area contributed by atoms with Crippen LogP contribution in [0.3, 0.4) is 0 Å². The number of hydrazine groups is 1. The second-order valence-electron chi connectivity index (χ2n) is 8.30. The van der Waals surface area contributed by atoms with Crippen LogP contribution < -0.4 is 15.6 Å². The molecule has 0 spiro atoms. The number of aliphatic imine (C=N–C) groups is 1. The SMILES string of the molecule is Cc1cc(NN2C=CC=C3N=C(c4c(Cl)cccc4Cl)NC32)nc(N2CCN(CCO)CC2)n1. The molecule has 4 heterocycles. The van der Waals surface area contributed by atoms with Gasteiger partial charge in [0.1, 0.15) is 5.84 Å². The third-order valence-corrected chi connectivity index (χ3v) is 6.57. The molecule has 0 saturated carbocycles. The number of nitrogens with zero attached hydrogens (tertiary/aromatic N) is 6. The molecule has 9 nitrogen and oxygen atoms in total. The summed E-state index contributed by atoms with van der Waals surface area (Å²) in [4.78, 5) is 18.6. The largest absolute Gasteiger partial charge is 0.395 e. The number of anilines is 2. The standard InChI is InChI=1S/C23H26Cl2N8O/c1-15-14-19(28-23(26-15)32-10-8-31(9-11-32)12-13-34)30-33-7-3-6-18-22(33)29-21(27-18)20-16(24)4-2-5-17(20)25/h2-7,14,22,34H,8-13H2,1H3,(H,27,29)(H,26,28,30). The van der Waals surface area contributed by atoms with E-state index in [2.05, 4.69) is 25.5 Å². The normalized spacial score (nSPS) is 20.1. The van der Waals surface area contributed by atoms with Crippen molar-refractivity contribution in [3.63, 3.8) is 0 Å². The van der Waals surface area contributed by atoms with Crippen LogP contribution >= 0.6 is 23.2 Å². The highest BCUT2D eigenvalue weighted by molar-refractivity contribution is 6.40. The molecule has 11 heteroatoms. The van der Waals surface area contributed by atoms with Crippen LogP contribution in [0.5, 0.6) is 0 Å². The Hall–Kier alpha value is -2.85. The number of hydrogen-bond acceptors (Lipinski definition) is 9. The molecular formula is C23H26Cl2N8O. The zero-order valence-corrected chi connectivity index (χ0v) is 20.3. The van der Waals surface area contributed by atoms with Gasteiger partial charge in [-0.3, -0.25) is 15.3 Å². The number of aromatic nitrogens is 2. The molecule has 1 unspecified atom stereocenters. The zero-order valence-electron chi connectivity index (χ0n) is 18.7. The molecule has 1 fully saturated rings. The van der Waals surface area contributed by atoms with Gasteiger partial charge in [0.2, 0.25) is 5.95 Å². The molecule has 2 aromatic rings. The lowest BCUT2D eigenvalue weighted by molar-refractivity contribution is 0.188. The summed E-state index contributed by atoms with van der Waals surface area (Å²) in [5.74, 6) is 2.02. The van der Waals surface area contributed by atoms with E-state index >= 15 is 0 Å². The van der Waals surface area contributed by atoms with Crippen molar-refractivity contribution in [3.05, 3.63) is 69.6 Å². The molecule has 5 rings (SSSR count). The van der Waals surface area contributed by atoms with E-state index in [1.54, 1.807) is 12.1 Å². The maximum absolute atomic E-state index is 9.17. The molecule has 1 saturated heterocycles. The highest BCUT2D eigenvalue weighted by Crippen LogP contribution is 2.30. The third kappa shape index (κ3) is 4.69. The van der Waals surface area contributed by atoms with Gasteiger partial charge >= 0.3 is 0 Å². The van der Waals surface area contributed by atoms with E-state index in [-0.39, 0.29) is 12.8 Å². The van der Waals surface area contributed by atoms with Crippen LogP contribution in [0.15, 0.2) is 53.3 Å². The molecule has 3 aliphatic rings. The number of piperazine rings is 1. The number of benzene rings is 1. The first-order valence-corrected chi connectivity index (χ1v) is 11.9. The lowest BCUT2D eigenvalue weighted by Crippen LogP contribution is -2.48. The summed E-state index contributed by atoms with van der Waals surface area (Å²) in [5, 5.41) is 15.6. The highest BCUT2D eigenvalue weighted by Gasteiger charge is 2.31. The summed E-state index contributed by atoms with van der Waals surface area (Å²) in [5.41, 5.74) is 5.78. The Bertz CT molecular complexity index is 1140. The van der Waals surface area contributed by atoms with E-state index < -0.39 is 0 Å². The van der Waals surface area contributed by atoms with Gasteiger partial charge in [0.15, 0.2) is 12.0 Å². The summed E-state index contributed by atoms with van der Waals surface area (Å²) in [6, 6.07) is 7.32. The Morgan fingerprint density at radius 2 is 1.91 bits per heavy atom. The molecule has 1 atom stereocenters. The number of aryl methyl sites for hydroxylation is 1. The van der Waals surface area contributed by atoms with Crippen molar-refractivity contribution in [2.45, 2.75) is 13.1 Å². The average Bonchev–Trinajstić information content (AvgIpc) is 3.24. The minimum Gasteiger partial charge on any atom is -0.395 e. The van der Waals surface area contributed by atoms with Gasteiger partial charge in [0, 0.05) is 50.7 Å². The van der Waals surface area contributed by atoms with Crippen LogP contribution in [0.2, 0.25) is 10.0 Å². The molecule has 3 aliphatic heterocycles. The van der Waals surface area contributed by atoms with Crippen molar-refractivity contribution in [1.82, 2.24) is 25.2 Å². The van der Waals surface area contributed by atoms with Crippen molar-refractivity contribution in [1.29, 1.82) is 0 Å². The number of amidine groups is 1. The van der Waals surface area contributed by atoms with E-state index in [4.69, 9.17) is 33.2 Å². The summed E-state index contributed by atoms with van der Waals surface area (Å²) in [6.07, 6.45) is 5.57. The molecule has 0 bridgehead atoms. The number of aliphatic hydroxyl groups is 1. The predicted octanol–water partition coefficient (Wildman–Crippen LogP) is 2.62. The number of allylic oxidation sites excluding steroid dienone is 2. The number of β-amino-alcohol motifs (C(OH)–C–C–N with tert-alkyl or cyclic N) is 1. The summed E-state index contributed by atoms with van der Waals surface area (Å²) in [7, 11) is 0. The zero-order chi connectivity index (χ0) is 23.7. The van der Waals surface area contributed by atoms with Crippen LogP contribution in [0.25, 0.3) is 0 Å². The fraction of sp³-hybridized carbons (Fsp3) is 0.348. The maximum Gasteiger partial charge on any atom is 0.227 e. The Morgan fingerprint density at radius 1 is 1.15 bits per heavy atom. The third-order valence-electron chi connectivity index (χ3n) is 5.94. The highest BCUT2D eigenvalue weighted by atomic mass is 35.5. The van der Waals surface area contributed by atoms with E-state index in [0.717, 1.165) is 37.6 Å². The Labute approximate surface area is 208 Å². The summed E-state index contributed by atoms with van der Waals surface area (Å²) >= 11 is 12.8. The lowest BCUT2D eigenvalue weighted by Gasteiger charge is -2.35. The van der Waals surface area contributed by atoms with Crippen LogP contribution in [0.1, 0.15) is 11.3 Å². The van der Waals surface area contributed by atoms with E-state index in [9.17, 15) is 5.11 Å². The summed E-state index contributed by atoms with van der Waals surface area (Å²) in [6.45, 7) is 6.23. The van der Waals surface area contributed by atoms with Crippen LogP contribution in [0, 0.1) is 6.92 Å². The van der Waals surface area contributed by atoms with Crippen molar-refractivity contribution in [2.75, 3.05) is 49.7 Å². The molecule has 34 heavy (non-hydrogen) atoms. The molecule has 0 aliphatic carbocycles. The van der Waals surface area contributed by atoms with Gasteiger partial charge in [-0.15, -0.1) is 0 Å². The van der Waals surface area contributed by atoms with Crippen molar-refractivity contribution < 1.29 is 5.11 Å². The van der Waals surface area contributed by atoms with Crippen LogP contribution in [-0.4, -0.2) is 76.3 Å². The fourth-order valence-electron chi connectivity index (χ4n) is 4.24. The first kappa shape index (κ1) is 22.9. The van der Waals surface area contributed by atoms with Gasteiger partial charge in [-0.25, -0.2) is 9.98 Å². The maximum atomic E-state index is 9.17. The van der Waals surface area contributed by atoms with Crippen molar-refractivity contribution in [2.24, 2.45) is 4.99 Å². The monoisotopic (exact) mass is 500 g/mol. The molecule has 3 N–H and O–H groups in total. The van der Waals surface area contributed by atoms with Crippen molar-refractivity contribution in [3.8, 4) is 0 Å². The first-order valence-electron chi connectivity index (χ1n) is 11.2. The van der Waals surface area contributed by atoms with Crippen LogP contribution in [0.4, 0.5) is 11.8 Å². The van der Waals surface area contributed by atoms with Crippen LogP contribution in [-0.2, 0) is 0 Å². The minimum absolute atomic E-state index is 0.179. The van der Waals surface area contributed by atoms with E-state index in [1.165, 1.54) is 0 Å². The van der Waals surface area contributed by atoms with Gasteiger partial charge in [0.25, 0.3) is 0 Å². The molecule has 0 radical (unpaired) electrons. The van der Waals surface area contributed by atoms with Gasteiger partial charge in [-0.2, -0.15) is 4.98 Å². The molecule has 1 aromatic heterocycles. The minimum atomic E-state index is -0.243. The van der Waals surface area contributed by atoms with E-state index in [0.29, 0.717) is 39.8 Å². The lowest BCUT2D eigenvalue weighted by atomic mass is 10.2. The topological polar surface area (TPSA) is 92.2 Å². The molecule has 1 aromatic carbocycles. The molecule has 0 amide bonds. The Kier molecular flexibility index (Phi) is 6.60. The average molecular weight is 501 g/mol. The van der Waals surface area contributed by atoms with Gasteiger partial charge < -0.3 is 15.3 Å². The second kappa shape index (κ2) is 9.79. The van der Waals surface area contributed by atoms with Gasteiger partial charge in [0.05, 0.1) is 27.9 Å². The summed E-state index contributed by atoms with van der Waals surface area (Å²) < 4.78 is 0. The van der Waals surface area contributed by atoms with E-state index in [1.807, 2.05) is 42.4 Å². The van der Waals surface area contributed by atoms with Crippen molar-refractivity contribution >= 4 is 40.8 Å². The number of hydrogen-bond donors (Lipinski definition) is 3. The second-order valence-corrected chi connectivity index (χ2v) is 9.12. The molecule has 178 valence electrons. The molecular weight excluding hydrogens is 475 g/mol. The number of halogens is 2. The predicted molar refractivity (Wildman–Crippen MR) is 135 cm³/mol. The number of rotatable bonds is 6. The van der Waals surface area contributed by atoms with Gasteiger partial charge in [-0.1, -0.05) is 29.3 Å². The number of nitrogens with one attached hydrogen (secondary N) is 2. The fourth-order valence-corrected chi connectivity index (χ4v) is 4.81. The quantitative estimate of drug-likeness (QED) is 0.557. The Morgan fingerprint density at radius 3 is 2.65 bits per heavy atom.